The van der Waals surface area contributed by atoms with Crippen molar-refractivity contribution in [3.63, 3.8) is 0 Å². The van der Waals surface area contributed by atoms with E-state index in [0.29, 0.717) is 12.5 Å². The number of nitrogens with one attached hydrogen (secondary N) is 2. The third kappa shape index (κ3) is 4.45. The van der Waals surface area contributed by atoms with Gasteiger partial charge in [-0.15, -0.1) is 0 Å². The Balaban J connectivity index is 1.57. The Morgan fingerprint density at radius 3 is 3.22 bits per heavy atom. The van der Waals surface area contributed by atoms with Crippen molar-refractivity contribution in [2.24, 2.45) is 0 Å². The van der Waals surface area contributed by atoms with Crippen molar-refractivity contribution in [1.82, 2.24) is 15.6 Å². The summed E-state index contributed by atoms with van der Waals surface area (Å²) >= 11 is 0. The Labute approximate surface area is 108 Å². The smallest absolute Gasteiger partial charge is 0.220 e. The Morgan fingerprint density at radius 2 is 2.50 bits per heavy atom. The number of aromatic nitrogens is 1. The van der Waals surface area contributed by atoms with E-state index in [0.717, 1.165) is 31.5 Å². The Bertz CT molecular complexity index is 361. The van der Waals surface area contributed by atoms with Gasteiger partial charge < -0.3 is 10.6 Å². The van der Waals surface area contributed by atoms with Crippen LogP contribution in [0.5, 0.6) is 0 Å². The van der Waals surface area contributed by atoms with E-state index < -0.39 is 0 Å². The molecule has 0 aliphatic carbocycles. The minimum Gasteiger partial charge on any atom is -0.356 e. The average Bonchev–Trinajstić information content (AvgIpc) is 2.91. The van der Waals surface area contributed by atoms with Gasteiger partial charge in [0.1, 0.15) is 0 Å². The molecule has 98 valence electrons. The van der Waals surface area contributed by atoms with Crippen LogP contribution in [0.15, 0.2) is 24.5 Å². The van der Waals surface area contributed by atoms with Crippen molar-refractivity contribution in [3.05, 3.63) is 30.1 Å². The van der Waals surface area contributed by atoms with Crippen LogP contribution in [0.3, 0.4) is 0 Å². The van der Waals surface area contributed by atoms with Gasteiger partial charge in [-0.05, 0) is 43.9 Å². The Hall–Kier alpha value is -1.42. The third-order valence-electron chi connectivity index (χ3n) is 3.34. The molecule has 0 saturated carbocycles. The van der Waals surface area contributed by atoms with E-state index >= 15 is 0 Å². The molecule has 0 bridgehead atoms. The van der Waals surface area contributed by atoms with Crippen LogP contribution in [0.25, 0.3) is 0 Å². The zero-order valence-electron chi connectivity index (χ0n) is 10.7. The lowest BCUT2D eigenvalue weighted by molar-refractivity contribution is -0.121. The monoisotopic (exact) mass is 247 g/mol. The standard InChI is InChI=1S/C14H21N3O/c18-14(6-5-12-3-1-8-15-11-12)17-10-7-13-4-2-9-16-13/h1,3,8,11,13,16H,2,4-7,9-10H2,(H,17,18)/t13-/m1/s1. The second-order valence-electron chi connectivity index (χ2n) is 4.79. The summed E-state index contributed by atoms with van der Waals surface area (Å²) in [5, 5.41) is 6.41. The molecule has 1 aliphatic rings. The predicted molar refractivity (Wildman–Crippen MR) is 71.2 cm³/mol. The van der Waals surface area contributed by atoms with Crippen LogP contribution in [0.2, 0.25) is 0 Å². The van der Waals surface area contributed by atoms with E-state index in [9.17, 15) is 4.79 Å². The van der Waals surface area contributed by atoms with Crippen LogP contribution in [0.4, 0.5) is 0 Å². The van der Waals surface area contributed by atoms with E-state index in [1.807, 2.05) is 18.3 Å². The molecule has 1 amide bonds. The van der Waals surface area contributed by atoms with Gasteiger partial charge in [0.25, 0.3) is 0 Å². The van der Waals surface area contributed by atoms with Crippen molar-refractivity contribution in [1.29, 1.82) is 0 Å². The molecule has 2 rings (SSSR count). The molecule has 1 saturated heterocycles. The highest BCUT2D eigenvalue weighted by molar-refractivity contribution is 5.76. The van der Waals surface area contributed by atoms with Crippen molar-refractivity contribution in [2.75, 3.05) is 13.1 Å². The lowest BCUT2D eigenvalue weighted by Gasteiger charge is -2.10. The highest BCUT2D eigenvalue weighted by Crippen LogP contribution is 2.07. The second kappa shape index (κ2) is 7.11. The molecular weight excluding hydrogens is 226 g/mol. The molecule has 4 nitrogen and oxygen atoms in total. The maximum absolute atomic E-state index is 11.6. The van der Waals surface area contributed by atoms with Gasteiger partial charge in [-0.3, -0.25) is 9.78 Å². The summed E-state index contributed by atoms with van der Waals surface area (Å²) in [6, 6.07) is 4.51. The zero-order valence-corrected chi connectivity index (χ0v) is 10.7. The Morgan fingerprint density at radius 1 is 1.56 bits per heavy atom. The molecule has 1 atom stereocenters. The molecule has 2 heterocycles. The summed E-state index contributed by atoms with van der Waals surface area (Å²) in [6.45, 7) is 1.91. The average molecular weight is 247 g/mol. The van der Waals surface area contributed by atoms with Gasteiger partial charge in [0, 0.05) is 31.4 Å². The quantitative estimate of drug-likeness (QED) is 0.796. The molecule has 0 spiro atoms. The largest absolute Gasteiger partial charge is 0.356 e. The first-order chi connectivity index (χ1) is 8.84. The number of rotatable bonds is 6. The summed E-state index contributed by atoms with van der Waals surface area (Å²) in [4.78, 5) is 15.7. The van der Waals surface area contributed by atoms with E-state index in [2.05, 4.69) is 15.6 Å². The van der Waals surface area contributed by atoms with Gasteiger partial charge >= 0.3 is 0 Å². The molecule has 0 unspecified atom stereocenters. The number of nitrogens with zero attached hydrogens (tertiary/aromatic N) is 1. The highest BCUT2D eigenvalue weighted by Gasteiger charge is 2.13. The fraction of sp³-hybridized carbons (Fsp3) is 0.571. The van der Waals surface area contributed by atoms with Gasteiger partial charge in [-0.2, -0.15) is 0 Å². The molecule has 1 aromatic rings. The van der Waals surface area contributed by atoms with E-state index in [1.165, 1.54) is 12.8 Å². The molecule has 1 aliphatic heterocycles. The van der Waals surface area contributed by atoms with Crippen LogP contribution < -0.4 is 10.6 Å². The number of aryl methyl sites for hydroxylation is 1. The van der Waals surface area contributed by atoms with Crippen molar-refractivity contribution < 1.29 is 4.79 Å². The van der Waals surface area contributed by atoms with Crippen LogP contribution in [-0.4, -0.2) is 30.0 Å². The maximum Gasteiger partial charge on any atom is 0.220 e. The van der Waals surface area contributed by atoms with Crippen molar-refractivity contribution in [2.45, 2.75) is 38.1 Å². The molecule has 18 heavy (non-hydrogen) atoms. The van der Waals surface area contributed by atoms with Crippen molar-refractivity contribution in [3.8, 4) is 0 Å². The van der Waals surface area contributed by atoms with E-state index in [4.69, 9.17) is 0 Å². The summed E-state index contributed by atoms with van der Waals surface area (Å²) < 4.78 is 0. The Kier molecular flexibility index (Phi) is 5.15. The lowest BCUT2D eigenvalue weighted by Crippen LogP contribution is -2.30. The molecule has 1 aromatic heterocycles. The van der Waals surface area contributed by atoms with Gasteiger partial charge in [0.2, 0.25) is 5.91 Å². The molecule has 0 aromatic carbocycles. The summed E-state index contributed by atoms with van der Waals surface area (Å²) in [6.07, 6.45) is 8.42. The number of amides is 1. The first kappa shape index (κ1) is 13.0. The van der Waals surface area contributed by atoms with E-state index in [1.54, 1.807) is 6.20 Å². The summed E-state index contributed by atoms with van der Waals surface area (Å²) in [5.74, 6) is 0.136. The lowest BCUT2D eigenvalue weighted by atomic mass is 10.1. The van der Waals surface area contributed by atoms with Crippen LogP contribution >= 0.6 is 0 Å². The predicted octanol–water partition coefficient (Wildman–Crippen LogP) is 1.27. The van der Waals surface area contributed by atoms with Crippen LogP contribution in [0, 0.1) is 0 Å². The van der Waals surface area contributed by atoms with Gasteiger partial charge in [0.05, 0.1) is 0 Å². The summed E-state index contributed by atoms with van der Waals surface area (Å²) in [5.41, 5.74) is 1.12. The highest BCUT2D eigenvalue weighted by atomic mass is 16.1. The minimum absolute atomic E-state index is 0.136. The normalized spacial score (nSPS) is 18.8. The first-order valence-electron chi connectivity index (χ1n) is 6.73. The number of carbonyl (C=O) groups is 1. The number of carbonyl (C=O) groups excluding carboxylic acids is 1. The molecule has 1 fully saturated rings. The van der Waals surface area contributed by atoms with Crippen LogP contribution in [-0.2, 0) is 11.2 Å². The fourth-order valence-electron chi connectivity index (χ4n) is 2.28. The molecule has 2 N–H and O–H groups in total. The molecule has 0 radical (unpaired) electrons. The summed E-state index contributed by atoms with van der Waals surface area (Å²) in [7, 11) is 0. The van der Waals surface area contributed by atoms with Crippen LogP contribution in [0.1, 0.15) is 31.2 Å². The third-order valence-corrected chi connectivity index (χ3v) is 3.34. The first-order valence-corrected chi connectivity index (χ1v) is 6.73. The van der Waals surface area contributed by atoms with Crippen molar-refractivity contribution >= 4 is 5.91 Å². The molecule has 4 heteroatoms. The topological polar surface area (TPSA) is 54.0 Å². The maximum atomic E-state index is 11.6. The second-order valence-corrected chi connectivity index (χ2v) is 4.79. The minimum atomic E-state index is 0.136. The SMILES string of the molecule is O=C(CCc1cccnc1)NCC[C@H]1CCCN1. The number of pyridine rings is 1. The number of hydrogen-bond donors (Lipinski definition) is 2. The van der Waals surface area contributed by atoms with Gasteiger partial charge in [0.15, 0.2) is 0 Å². The van der Waals surface area contributed by atoms with Gasteiger partial charge in [-0.25, -0.2) is 0 Å². The molecular formula is C14H21N3O. The fourth-order valence-corrected chi connectivity index (χ4v) is 2.28. The zero-order chi connectivity index (χ0) is 12.6. The number of hydrogen-bond acceptors (Lipinski definition) is 3. The van der Waals surface area contributed by atoms with Gasteiger partial charge in [-0.1, -0.05) is 6.07 Å². The van der Waals surface area contributed by atoms with E-state index in [-0.39, 0.29) is 5.91 Å².